The summed E-state index contributed by atoms with van der Waals surface area (Å²) in [7, 11) is 0. The molecule has 0 saturated heterocycles. The summed E-state index contributed by atoms with van der Waals surface area (Å²) in [5.74, 6) is 0.613. The topological polar surface area (TPSA) is 66.9 Å². The molecule has 0 saturated carbocycles. The molecule has 0 atom stereocenters. The van der Waals surface area contributed by atoms with Gasteiger partial charge < -0.3 is 15.0 Å². The van der Waals surface area contributed by atoms with Crippen LogP contribution in [-0.4, -0.2) is 15.0 Å². The van der Waals surface area contributed by atoms with Crippen LogP contribution in [0.3, 0.4) is 0 Å². The molecule has 10 aromatic carbocycles. The molecule has 6 heteroatoms. The molecule has 418 valence electrons. The van der Waals surface area contributed by atoms with Crippen molar-refractivity contribution >= 4 is 86.8 Å². The molecule has 0 amide bonds. The minimum absolute atomic E-state index is 0. The Hall–Kier alpha value is -8.50. The van der Waals surface area contributed by atoms with Crippen molar-refractivity contribution in [2.75, 3.05) is 0 Å². The van der Waals surface area contributed by atoms with Crippen molar-refractivity contribution in [1.82, 2.24) is 24.9 Å². The second-order valence-electron chi connectivity index (χ2n) is 27.8. The molecule has 5 heterocycles. The maximum atomic E-state index is 6.01. The Bertz CT molecular complexity index is 4790. The smallest absolute Gasteiger partial charge is 0.656 e. The average Bonchev–Trinajstić information content (AvgIpc) is 1.73. The quantitative estimate of drug-likeness (QED) is 0.173. The van der Waals surface area contributed by atoms with Gasteiger partial charge in [-0.25, -0.2) is 4.98 Å². The van der Waals surface area contributed by atoms with E-state index in [9.17, 15) is 0 Å². The Labute approximate surface area is 511 Å². The third kappa shape index (κ3) is 9.12. The van der Waals surface area contributed by atoms with Gasteiger partial charge in [0.25, 0.3) is 0 Å². The molecule has 13 aromatic rings. The van der Waals surface area contributed by atoms with Gasteiger partial charge in [0.15, 0.2) is 0 Å². The monoisotopic (exact) mass is 1280 g/mol. The van der Waals surface area contributed by atoms with E-state index in [1.165, 1.54) is 22.3 Å². The van der Waals surface area contributed by atoms with Crippen LogP contribution in [0.4, 0.5) is 0 Å². The minimum Gasteiger partial charge on any atom is -0.656 e. The van der Waals surface area contributed by atoms with E-state index in [4.69, 9.17) is 24.9 Å². The van der Waals surface area contributed by atoms with Crippen LogP contribution < -0.4 is 9.97 Å². The van der Waals surface area contributed by atoms with Crippen LogP contribution in [0.1, 0.15) is 105 Å². The van der Waals surface area contributed by atoms with Gasteiger partial charge in [-0.1, -0.05) is 217 Å². The Kier molecular flexibility index (Phi) is 12.3. The van der Waals surface area contributed by atoms with E-state index in [2.05, 4.69) is 271 Å². The summed E-state index contributed by atoms with van der Waals surface area (Å²) in [6, 6.07) is 70.0. The van der Waals surface area contributed by atoms with Gasteiger partial charge >= 0.3 is 21.1 Å². The standard InChI is InChI=1S/C79H67N5.Pt/c1-76(2,3)54-29-52(30-55(41-54)77(4,5)6)68-70-60-35-46-23-15-13-21-44(46)33-58(60)66(80-70)43-67-59-34-45-22-14-16-24-47(45)36-61(59)71(81-67)69(53-31-56(78(7,8)9)42-57(32-53)79(10,11)12)73-63-38-49-26-18-20-28-51(49)40-65(63)75(83-73)84-74-64-39-50-27-19-17-25-48(50)37-62(64)72(68)82-74;/h13-43H,1-12H3;/q-2;+2. The van der Waals surface area contributed by atoms with Crippen molar-refractivity contribution in [3.63, 3.8) is 0 Å². The van der Waals surface area contributed by atoms with E-state index < -0.39 is 0 Å². The second kappa shape index (κ2) is 19.3. The van der Waals surface area contributed by atoms with Crippen LogP contribution in [0.15, 0.2) is 188 Å². The van der Waals surface area contributed by atoms with Crippen LogP contribution in [0.5, 0.6) is 0 Å². The summed E-state index contributed by atoms with van der Waals surface area (Å²) < 4.78 is 0. The molecule has 15 rings (SSSR count). The second-order valence-corrected chi connectivity index (χ2v) is 27.8. The predicted molar refractivity (Wildman–Crippen MR) is 356 cm³/mol. The van der Waals surface area contributed by atoms with Gasteiger partial charge in [0, 0.05) is 27.8 Å². The molecule has 2 aliphatic rings. The number of hydrogen-bond donors (Lipinski definition) is 0. The first kappa shape index (κ1) is 54.4. The number of rotatable bonds is 2. The van der Waals surface area contributed by atoms with Gasteiger partial charge in [0.1, 0.15) is 0 Å². The summed E-state index contributed by atoms with van der Waals surface area (Å²) >= 11 is 0. The van der Waals surface area contributed by atoms with Crippen LogP contribution >= 0.6 is 0 Å². The summed E-state index contributed by atoms with van der Waals surface area (Å²) in [5, 5.41) is 13.1. The summed E-state index contributed by atoms with van der Waals surface area (Å²) in [4.78, 5) is 29.7. The van der Waals surface area contributed by atoms with Gasteiger partial charge in [-0.15, -0.1) is 11.0 Å². The number of fused-ring (bicyclic) bond motifs is 24. The van der Waals surface area contributed by atoms with E-state index in [1.54, 1.807) is 0 Å². The number of hydrogen-bond acceptors (Lipinski definition) is 3. The van der Waals surface area contributed by atoms with Crippen LogP contribution in [0.25, 0.3) is 154 Å². The minimum atomic E-state index is -0.166. The molecule has 0 radical (unpaired) electrons. The predicted octanol–water partition coefficient (Wildman–Crippen LogP) is 21.1. The normalized spacial score (nSPS) is 12.8. The third-order valence-corrected chi connectivity index (χ3v) is 17.8. The Balaban J connectivity index is 0.00000640. The first-order valence-corrected chi connectivity index (χ1v) is 29.7. The van der Waals surface area contributed by atoms with Gasteiger partial charge in [-0.05, 0) is 191 Å². The van der Waals surface area contributed by atoms with Gasteiger partial charge in [-0.2, -0.15) is 0 Å². The van der Waals surface area contributed by atoms with E-state index in [1.807, 2.05) is 0 Å². The van der Waals surface area contributed by atoms with E-state index in [0.717, 1.165) is 143 Å². The zero-order valence-electron chi connectivity index (χ0n) is 50.5. The number of benzene rings is 10. The van der Waals surface area contributed by atoms with E-state index in [0.29, 0.717) is 11.5 Å². The molecular weight excluding hydrogens is 1210 g/mol. The molecular formula is C79H67N5Pt. The van der Waals surface area contributed by atoms with Crippen molar-refractivity contribution in [2.45, 2.75) is 105 Å². The fourth-order valence-electron chi connectivity index (χ4n) is 12.9. The first-order chi connectivity index (χ1) is 40.1. The Morgan fingerprint density at radius 2 is 0.647 bits per heavy atom. The van der Waals surface area contributed by atoms with Crippen molar-refractivity contribution in [2.24, 2.45) is 0 Å². The molecule has 2 aliphatic heterocycles. The van der Waals surface area contributed by atoms with Crippen molar-refractivity contribution < 1.29 is 21.1 Å². The molecule has 0 aliphatic carbocycles. The molecule has 85 heavy (non-hydrogen) atoms. The van der Waals surface area contributed by atoms with Crippen LogP contribution in [0.2, 0.25) is 0 Å². The zero-order valence-corrected chi connectivity index (χ0v) is 52.7. The molecule has 5 nitrogen and oxygen atoms in total. The SMILES string of the molecule is CC(C)(C)c1cc(-c2c3nc(nc4[n-]c(c(-c5cc(C(C)(C)C)cc(C(C)(C)C)c5)c5nc(cc6[n-]c2c2cc7ccccc7cc62)-c2cc6ccccc6cc2-5)c2cc5ccccc5cc42)-c2cc4ccccc4cc2-3)cc(C(C)(C)C)c1.[Pt+2]. The van der Waals surface area contributed by atoms with Crippen molar-refractivity contribution in [3.05, 3.63) is 210 Å². The Morgan fingerprint density at radius 1 is 0.306 bits per heavy atom. The molecule has 0 unspecified atom stereocenters. The number of nitrogens with zero attached hydrogens (tertiary/aromatic N) is 5. The summed E-state index contributed by atoms with van der Waals surface area (Å²) in [6.45, 7) is 27.8. The first-order valence-electron chi connectivity index (χ1n) is 29.7. The van der Waals surface area contributed by atoms with E-state index in [-0.39, 0.29) is 42.7 Å². The van der Waals surface area contributed by atoms with Crippen LogP contribution in [-0.2, 0) is 42.7 Å². The molecule has 3 aromatic heterocycles. The fraction of sp³-hybridized carbons (Fsp3) is 0.203. The Morgan fingerprint density at radius 3 is 1.08 bits per heavy atom. The zero-order chi connectivity index (χ0) is 57.9. The van der Waals surface area contributed by atoms with Crippen molar-refractivity contribution in [1.29, 1.82) is 0 Å². The molecule has 0 fully saturated rings. The fourth-order valence-corrected chi connectivity index (χ4v) is 12.9. The van der Waals surface area contributed by atoms with Gasteiger partial charge in [0.05, 0.1) is 22.9 Å². The van der Waals surface area contributed by atoms with Crippen LogP contribution in [0, 0.1) is 0 Å². The average molecular weight is 1280 g/mol. The maximum Gasteiger partial charge on any atom is 2.00 e. The van der Waals surface area contributed by atoms with Crippen molar-refractivity contribution in [3.8, 4) is 67.4 Å². The maximum absolute atomic E-state index is 6.01. The summed E-state index contributed by atoms with van der Waals surface area (Å²) in [5.41, 5.74) is 18.2. The third-order valence-electron chi connectivity index (χ3n) is 17.8. The molecule has 0 N–H and O–H groups in total. The van der Waals surface area contributed by atoms with Gasteiger partial charge in [-0.3, -0.25) is 4.98 Å². The molecule has 8 bridgehead atoms. The largest absolute Gasteiger partial charge is 2.00 e. The summed E-state index contributed by atoms with van der Waals surface area (Å²) in [6.07, 6.45) is 0. The molecule has 0 spiro atoms. The van der Waals surface area contributed by atoms with E-state index >= 15 is 0 Å². The number of aromatic nitrogens is 5. The van der Waals surface area contributed by atoms with Gasteiger partial charge in [0.2, 0.25) is 0 Å².